The third kappa shape index (κ3) is 4.85. The summed E-state index contributed by atoms with van der Waals surface area (Å²) in [5.74, 6) is 2.22. The summed E-state index contributed by atoms with van der Waals surface area (Å²) in [4.78, 5) is 11.4. The van der Waals surface area contributed by atoms with Crippen molar-refractivity contribution in [3.63, 3.8) is 0 Å². The second kappa shape index (κ2) is 5.63. The summed E-state index contributed by atoms with van der Waals surface area (Å²) >= 11 is 0. The minimum atomic E-state index is -0.651. The molecule has 0 aromatic carbocycles. The molecule has 0 rings (SSSR count). The van der Waals surface area contributed by atoms with E-state index in [4.69, 9.17) is 16.9 Å². The van der Waals surface area contributed by atoms with E-state index in [1.165, 1.54) is 0 Å². The second-order valence-corrected chi connectivity index (χ2v) is 3.65. The van der Waals surface area contributed by atoms with E-state index in [1.807, 2.05) is 0 Å². The highest BCUT2D eigenvalue weighted by molar-refractivity contribution is 5.82. The summed E-state index contributed by atoms with van der Waals surface area (Å²) < 4.78 is 4.82. The molecule has 0 fully saturated rings. The largest absolute Gasteiger partial charge is 0.385 e. The third-order valence-corrected chi connectivity index (χ3v) is 1.77. The first-order valence-electron chi connectivity index (χ1n) is 4.47. The summed E-state index contributed by atoms with van der Waals surface area (Å²) in [6.07, 6.45) is 5.71. The van der Waals surface area contributed by atoms with Crippen molar-refractivity contribution in [2.45, 2.75) is 31.8 Å². The molecule has 1 atom stereocenters. The van der Waals surface area contributed by atoms with Gasteiger partial charge in [0.15, 0.2) is 0 Å². The molecule has 0 radical (unpaired) electrons. The molecule has 0 aliphatic rings. The number of hydrogen-bond donors (Lipinski definition) is 2. The normalized spacial score (nSPS) is 13.1. The van der Waals surface area contributed by atoms with Crippen LogP contribution in [0.2, 0.25) is 0 Å². The highest BCUT2D eigenvalue weighted by Gasteiger charge is 2.21. The second-order valence-electron chi connectivity index (χ2n) is 3.65. The van der Waals surface area contributed by atoms with Crippen LogP contribution in [-0.4, -0.2) is 31.2 Å². The predicted molar refractivity (Wildman–Crippen MR) is 55.5 cm³/mol. The van der Waals surface area contributed by atoms with Gasteiger partial charge >= 0.3 is 0 Å². The number of nitrogens with one attached hydrogen (secondary N) is 1. The Morgan fingerprint density at radius 1 is 1.71 bits per heavy atom. The van der Waals surface area contributed by atoms with Gasteiger partial charge in [-0.15, -0.1) is 6.42 Å². The molecule has 4 nitrogen and oxygen atoms in total. The van der Waals surface area contributed by atoms with Gasteiger partial charge in [0.05, 0.1) is 11.6 Å². The molecule has 0 spiro atoms. The van der Waals surface area contributed by atoms with Crippen LogP contribution in [0.5, 0.6) is 0 Å². The van der Waals surface area contributed by atoms with Gasteiger partial charge in [0.2, 0.25) is 5.91 Å². The monoisotopic (exact) mass is 198 g/mol. The number of terminal acetylenes is 1. The molecule has 0 aromatic heterocycles. The molecule has 0 aromatic rings. The number of nitrogens with two attached hydrogens (primary N) is 1. The van der Waals surface area contributed by atoms with Gasteiger partial charge in [0.1, 0.15) is 0 Å². The minimum absolute atomic E-state index is 0.245. The molecule has 0 aliphatic carbocycles. The summed E-state index contributed by atoms with van der Waals surface area (Å²) in [6.45, 7) is 3.95. The SMILES string of the molecule is C#CC(C)(C)NC(=O)C(N)CCOC. The quantitative estimate of drug-likeness (QED) is 0.605. The van der Waals surface area contributed by atoms with Gasteiger partial charge in [-0.05, 0) is 20.3 Å². The zero-order valence-electron chi connectivity index (χ0n) is 8.96. The van der Waals surface area contributed by atoms with Crippen LogP contribution in [-0.2, 0) is 9.53 Å². The average Bonchev–Trinajstić information content (AvgIpc) is 2.13. The Morgan fingerprint density at radius 3 is 2.71 bits per heavy atom. The first-order chi connectivity index (χ1) is 6.43. The van der Waals surface area contributed by atoms with Gasteiger partial charge in [-0.3, -0.25) is 4.79 Å². The van der Waals surface area contributed by atoms with E-state index < -0.39 is 11.6 Å². The average molecular weight is 198 g/mol. The maximum Gasteiger partial charge on any atom is 0.238 e. The molecule has 14 heavy (non-hydrogen) atoms. The predicted octanol–water partition coefficient (Wildman–Crippen LogP) is -0.122. The lowest BCUT2D eigenvalue weighted by atomic mass is 10.1. The lowest BCUT2D eigenvalue weighted by Crippen LogP contribution is -2.50. The Labute approximate surface area is 85.2 Å². The summed E-state index contributed by atoms with van der Waals surface area (Å²) in [6, 6.07) is -0.567. The molecule has 3 N–H and O–H groups in total. The van der Waals surface area contributed by atoms with Crippen LogP contribution in [0, 0.1) is 12.3 Å². The molecule has 1 unspecified atom stereocenters. The standard InChI is InChI=1S/C10H18N2O2/c1-5-10(2,3)12-9(13)8(11)6-7-14-4/h1,8H,6-7,11H2,2-4H3,(H,12,13). The number of amides is 1. The number of methoxy groups -OCH3 is 1. The van der Waals surface area contributed by atoms with Crippen molar-refractivity contribution in [1.82, 2.24) is 5.32 Å². The zero-order chi connectivity index (χ0) is 11.2. The Bertz CT molecular complexity index is 231. The Morgan fingerprint density at radius 2 is 2.29 bits per heavy atom. The van der Waals surface area contributed by atoms with Crippen LogP contribution in [0.4, 0.5) is 0 Å². The first-order valence-corrected chi connectivity index (χ1v) is 4.47. The van der Waals surface area contributed by atoms with Crippen molar-refractivity contribution in [2.24, 2.45) is 5.73 Å². The third-order valence-electron chi connectivity index (χ3n) is 1.77. The molecule has 4 heteroatoms. The maximum atomic E-state index is 11.4. The lowest BCUT2D eigenvalue weighted by molar-refractivity contribution is -0.123. The fourth-order valence-electron chi connectivity index (χ4n) is 0.813. The molecule has 0 saturated heterocycles. The van der Waals surface area contributed by atoms with Gasteiger partial charge in [0, 0.05) is 13.7 Å². The van der Waals surface area contributed by atoms with Crippen LogP contribution in [0.25, 0.3) is 0 Å². The van der Waals surface area contributed by atoms with Crippen molar-refractivity contribution in [3.05, 3.63) is 0 Å². The van der Waals surface area contributed by atoms with Crippen molar-refractivity contribution in [1.29, 1.82) is 0 Å². The van der Waals surface area contributed by atoms with E-state index in [-0.39, 0.29) is 5.91 Å². The summed E-state index contributed by atoms with van der Waals surface area (Å²) in [5, 5.41) is 2.66. The Kier molecular flexibility index (Phi) is 5.21. The Balaban J connectivity index is 4.03. The molecule has 80 valence electrons. The number of carbonyl (C=O) groups is 1. The molecule has 1 amide bonds. The van der Waals surface area contributed by atoms with E-state index in [1.54, 1.807) is 21.0 Å². The number of rotatable bonds is 5. The van der Waals surface area contributed by atoms with Gasteiger partial charge in [-0.25, -0.2) is 0 Å². The maximum absolute atomic E-state index is 11.4. The Hall–Kier alpha value is -1.05. The van der Waals surface area contributed by atoms with E-state index in [0.717, 1.165) is 0 Å². The van der Waals surface area contributed by atoms with Crippen molar-refractivity contribution in [3.8, 4) is 12.3 Å². The lowest BCUT2D eigenvalue weighted by Gasteiger charge is -2.22. The van der Waals surface area contributed by atoms with Gasteiger partial charge in [-0.2, -0.15) is 0 Å². The fraction of sp³-hybridized carbons (Fsp3) is 0.700. The molecule has 0 saturated carbocycles. The van der Waals surface area contributed by atoms with Crippen LogP contribution in [0.15, 0.2) is 0 Å². The van der Waals surface area contributed by atoms with Crippen LogP contribution < -0.4 is 11.1 Å². The first kappa shape index (κ1) is 12.9. The molecule has 0 aliphatic heterocycles. The number of ether oxygens (including phenoxy) is 1. The van der Waals surface area contributed by atoms with Gasteiger partial charge < -0.3 is 15.8 Å². The van der Waals surface area contributed by atoms with Crippen molar-refractivity contribution < 1.29 is 9.53 Å². The molecule has 0 heterocycles. The highest BCUT2D eigenvalue weighted by Crippen LogP contribution is 2.00. The zero-order valence-corrected chi connectivity index (χ0v) is 8.96. The fourth-order valence-corrected chi connectivity index (χ4v) is 0.813. The van der Waals surface area contributed by atoms with Crippen LogP contribution in [0.3, 0.4) is 0 Å². The van der Waals surface area contributed by atoms with E-state index in [9.17, 15) is 4.79 Å². The van der Waals surface area contributed by atoms with Gasteiger partial charge in [-0.1, -0.05) is 5.92 Å². The van der Waals surface area contributed by atoms with E-state index in [0.29, 0.717) is 13.0 Å². The molecule has 0 bridgehead atoms. The molecular weight excluding hydrogens is 180 g/mol. The van der Waals surface area contributed by atoms with Crippen LogP contribution in [0.1, 0.15) is 20.3 Å². The number of hydrogen-bond acceptors (Lipinski definition) is 3. The van der Waals surface area contributed by atoms with E-state index in [2.05, 4.69) is 11.2 Å². The van der Waals surface area contributed by atoms with Crippen molar-refractivity contribution in [2.75, 3.05) is 13.7 Å². The smallest absolute Gasteiger partial charge is 0.238 e. The summed E-state index contributed by atoms with van der Waals surface area (Å²) in [7, 11) is 1.57. The number of carbonyl (C=O) groups excluding carboxylic acids is 1. The summed E-state index contributed by atoms with van der Waals surface area (Å²) in [5.41, 5.74) is 4.95. The van der Waals surface area contributed by atoms with Crippen molar-refractivity contribution >= 4 is 5.91 Å². The minimum Gasteiger partial charge on any atom is -0.385 e. The van der Waals surface area contributed by atoms with Crippen LogP contribution >= 0.6 is 0 Å². The highest BCUT2D eigenvalue weighted by atomic mass is 16.5. The van der Waals surface area contributed by atoms with E-state index >= 15 is 0 Å². The topological polar surface area (TPSA) is 64.4 Å². The molecular formula is C10H18N2O2. The van der Waals surface area contributed by atoms with Gasteiger partial charge in [0.25, 0.3) is 0 Å².